The van der Waals surface area contributed by atoms with Gasteiger partial charge in [0.05, 0.1) is 64.0 Å². The maximum Gasteiger partial charge on any atom is 0.215 e. The van der Waals surface area contributed by atoms with Crippen molar-refractivity contribution < 1.29 is 22.0 Å². The number of rotatable bonds is 4. The minimum absolute atomic E-state index is 0.111. The number of fused-ring (bicyclic) bond motifs is 5. The van der Waals surface area contributed by atoms with Crippen molar-refractivity contribution in [2.45, 2.75) is 0 Å². The van der Waals surface area contributed by atoms with Crippen LogP contribution in [0.3, 0.4) is 0 Å². The van der Waals surface area contributed by atoms with Gasteiger partial charge < -0.3 is 0 Å². The number of benzene rings is 6. The van der Waals surface area contributed by atoms with Crippen molar-refractivity contribution in [1.29, 1.82) is 5.26 Å². The molecule has 0 unspecified atom stereocenters. The summed E-state index contributed by atoms with van der Waals surface area (Å²) in [4.78, 5) is 22.3. The van der Waals surface area contributed by atoms with Gasteiger partial charge in [-0.25, -0.2) is 41.6 Å². The fourth-order valence-corrected chi connectivity index (χ4v) is 6.40. The fourth-order valence-electron chi connectivity index (χ4n) is 6.40. The summed E-state index contributed by atoms with van der Waals surface area (Å²) in [6.07, 6.45) is 0. The van der Waals surface area contributed by atoms with Crippen LogP contribution in [-0.2, 0) is 0 Å². The van der Waals surface area contributed by atoms with Gasteiger partial charge in [-0.2, -0.15) is 5.26 Å². The lowest BCUT2D eigenvalue weighted by Gasteiger charge is -2.17. The van der Waals surface area contributed by atoms with Crippen LogP contribution < -0.4 is 0 Å². The molecular weight excluding hydrogens is 683 g/mol. The second-order valence-electron chi connectivity index (χ2n) is 11.9. The molecule has 0 N–H and O–H groups in total. The average Bonchev–Trinajstić information content (AvgIpc) is 3.21. The first-order valence-corrected chi connectivity index (χ1v) is 15.8. The van der Waals surface area contributed by atoms with E-state index >= 15 is 0 Å². The molecular formula is C42H17F5N6. The van der Waals surface area contributed by atoms with Crippen LogP contribution in [0, 0.1) is 53.6 Å². The van der Waals surface area contributed by atoms with Gasteiger partial charge in [-0.05, 0) is 41.5 Å². The Morgan fingerprint density at radius 3 is 1.77 bits per heavy atom. The minimum atomic E-state index is -2.26. The lowest BCUT2D eigenvalue weighted by Crippen LogP contribution is -2.04. The molecule has 6 aromatic carbocycles. The van der Waals surface area contributed by atoms with Crippen LogP contribution in [0.2, 0.25) is 0 Å². The van der Waals surface area contributed by atoms with Crippen molar-refractivity contribution in [3.05, 3.63) is 161 Å². The maximum atomic E-state index is 15.0. The van der Waals surface area contributed by atoms with Crippen LogP contribution >= 0.6 is 0 Å². The molecule has 11 heteroatoms. The van der Waals surface area contributed by atoms with E-state index in [-0.39, 0.29) is 28.0 Å². The Bertz CT molecular complexity index is 2950. The van der Waals surface area contributed by atoms with Crippen LogP contribution in [0.15, 0.2) is 103 Å². The molecule has 6 nitrogen and oxygen atoms in total. The summed E-state index contributed by atoms with van der Waals surface area (Å²) >= 11 is 0. The van der Waals surface area contributed by atoms with Crippen LogP contribution in [0.25, 0.3) is 87.3 Å². The summed E-state index contributed by atoms with van der Waals surface area (Å²) in [6, 6.07) is 29.9. The number of nitrogens with zero attached hydrogens (tertiary/aromatic N) is 6. The van der Waals surface area contributed by atoms with Crippen LogP contribution in [-0.4, -0.2) is 15.0 Å². The van der Waals surface area contributed by atoms with E-state index in [0.29, 0.717) is 61.0 Å². The molecule has 0 atom stereocenters. The highest BCUT2D eigenvalue weighted by atomic mass is 19.2. The number of nitriles is 1. The molecule has 0 spiro atoms. The third-order valence-electron chi connectivity index (χ3n) is 8.90. The number of hydrogen-bond acceptors (Lipinski definition) is 4. The summed E-state index contributed by atoms with van der Waals surface area (Å²) in [5.74, 6) is -10.3. The highest BCUT2D eigenvalue weighted by Gasteiger charge is 2.27. The molecule has 2 heterocycles. The van der Waals surface area contributed by atoms with Gasteiger partial charge in [0.2, 0.25) is 11.5 Å². The van der Waals surface area contributed by atoms with E-state index in [1.807, 2.05) is 12.1 Å². The van der Waals surface area contributed by atoms with Crippen molar-refractivity contribution in [3.63, 3.8) is 0 Å². The van der Waals surface area contributed by atoms with Crippen molar-refractivity contribution >= 4 is 44.1 Å². The molecule has 0 aliphatic heterocycles. The zero-order chi connectivity index (χ0) is 37.0. The van der Waals surface area contributed by atoms with E-state index in [0.717, 1.165) is 0 Å². The maximum absolute atomic E-state index is 15.0. The molecule has 0 aliphatic carbocycles. The lowest BCUT2D eigenvalue weighted by atomic mass is 9.95. The second-order valence-corrected chi connectivity index (χ2v) is 11.9. The Labute approximate surface area is 297 Å². The minimum Gasteiger partial charge on any atom is -0.255 e. The SMILES string of the molecule is [C-]#[N+]c1ccc(-c2nc3c([N+]#[C-])cc4c(-c5cccc(-c6c(F)c(F)c(F)c(F)c6F)c5)nc5ccccc5c4c3nc2-c2ccc(C#N)cc2)cc1. The zero-order valence-electron chi connectivity index (χ0n) is 26.9. The summed E-state index contributed by atoms with van der Waals surface area (Å²) in [7, 11) is 0. The van der Waals surface area contributed by atoms with E-state index in [1.54, 1.807) is 72.8 Å². The summed E-state index contributed by atoms with van der Waals surface area (Å²) in [5, 5.41) is 11.1. The van der Waals surface area contributed by atoms with Crippen molar-refractivity contribution in [2.24, 2.45) is 0 Å². The summed E-state index contributed by atoms with van der Waals surface area (Å²) < 4.78 is 72.3. The zero-order valence-corrected chi connectivity index (χ0v) is 26.9. The van der Waals surface area contributed by atoms with Gasteiger partial charge >= 0.3 is 0 Å². The third-order valence-corrected chi connectivity index (χ3v) is 8.90. The molecule has 0 aliphatic rings. The van der Waals surface area contributed by atoms with Gasteiger partial charge in [0.15, 0.2) is 29.0 Å². The Balaban J connectivity index is 1.47. The van der Waals surface area contributed by atoms with Gasteiger partial charge in [0, 0.05) is 27.3 Å². The average molecular weight is 701 g/mol. The highest BCUT2D eigenvalue weighted by Crippen LogP contribution is 2.43. The molecule has 0 bridgehead atoms. The molecule has 0 amide bonds. The van der Waals surface area contributed by atoms with Gasteiger partial charge in [0.25, 0.3) is 0 Å². The largest absolute Gasteiger partial charge is 0.255 e. The highest BCUT2D eigenvalue weighted by molar-refractivity contribution is 6.23. The van der Waals surface area contributed by atoms with E-state index in [9.17, 15) is 27.2 Å². The predicted molar refractivity (Wildman–Crippen MR) is 191 cm³/mol. The first-order chi connectivity index (χ1) is 25.7. The van der Waals surface area contributed by atoms with Crippen LogP contribution in [0.5, 0.6) is 0 Å². The lowest BCUT2D eigenvalue weighted by molar-refractivity contribution is 0.381. The molecule has 0 radical (unpaired) electrons. The van der Waals surface area contributed by atoms with Crippen LogP contribution in [0.4, 0.5) is 33.3 Å². The van der Waals surface area contributed by atoms with Gasteiger partial charge in [-0.1, -0.05) is 72.8 Å². The first kappa shape index (κ1) is 32.6. The topological polar surface area (TPSA) is 71.2 Å². The normalized spacial score (nSPS) is 11.1. The number of pyridine rings is 1. The summed E-state index contributed by atoms with van der Waals surface area (Å²) in [5.41, 5.74) is 3.35. The molecule has 8 aromatic rings. The monoisotopic (exact) mass is 700 g/mol. The van der Waals surface area contributed by atoms with Crippen molar-refractivity contribution in [3.8, 4) is 51.0 Å². The summed E-state index contributed by atoms with van der Waals surface area (Å²) in [6.45, 7) is 15.5. The van der Waals surface area contributed by atoms with Crippen molar-refractivity contribution in [2.75, 3.05) is 0 Å². The van der Waals surface area contributed by atoms with Gasteiger partial charge in [-0.3, -0.25) is 4.98 Å². The van der Waals surface area contributed by atoms with E-state index in [4.69, 9.17) is 28.1 Å². The van der Waals surface area contributed by atoms with Crippen LogP contribution in [0.1, 0.15) is 5.56 Å². The standard InChI is InChI=1S/C42H17F5N6/c1-49-26-16-14-23(15-17-26)39-40(22-12-10-21(20-48)11-13-22)53-42-32-27-8-3-4-9-29(27)51-38(28(32)19-30(50-2)41(42)52-39)25-7-5-6-24(18-25)31-33(43)35(45)37(47)36(46)34(31)44/h3-19H. The van der Waals surface area contributed by atoms with E-state index in [2.05, 4.69) is 15.8 Å². The molecule has 0 saturated heterocycles. The second kappa shape index (κ2) is 12.6. The van der Waals surface area contributed by atoms with E-state index < -0.39 is 34.6 Å². The predicted octanol–water partition coefficient (Wildman–Crippen LogP) is 11.7. The van der Waals surface area contributed by atoms with Gasteiger partial charge in [-0.15, -0.1) is 0 Å². The van der Waals surface area contributed by atoms with Crippen molar-refractivity contribution in [1.82, 2.24) is 15.0 Å². The molecule has 0 saturated carbocycles. The number of para-hydroxylation sites is 1. The Morgan fingerprint density at radius 1 is 0.528 bits per heavy atom. The van der Waals surface area contributed by atoms with E-state index in [1.165, 1.54) is 18.2 Å². The Morgan fingerprint density at radius 2 is 1.13 bits per heavy atom. The molecule has 8 rings (SSSR count). The Hall–Kier alpha value is -7.55. The third kappa shape index (κ3) is 5.26. The first-order valence-electron chi connectivity index (χ1n) is 15.8. The number of hydrogen-bond donors (Lipinski definition) is 0. The molecule has 53 heavy (non-hydrogen) atoms. The van der Waals surface area contributed by atoms with Gasteiger partial charge in [0.1, 0.15) is 0 Å². The molecule has 0 fully saturated rings. The number of halogens is 5. The Kier molecular flexibility index (Phi) is 7.79. The molecule has 250 valence electrons. The quantitative estimate of drug-likeness (QED) is 0.0602. The number of aromatic nitrogens is 3. The smallest absolute Gasteiger partial charge is 0.215 e. The molecule has 2 aromatic heterocycles. The fraction of sp³-hybridized carbons (Fsp3) is 0.